The van der Waals surface area contributed by atoms with Crippen molar-refractivity contribution < 1.29 is 30.4 Å². The number of sulfonamides is 1. The van der Waals surface area contributed by atoms with E-state index in [0.29, 0.717) is 19.4 Å². The van der Waals surface area contributed by atoms with Gasteiger partial charge < -0.3 is 5.32 Å². The van der Waals surface area contributed by atoms with Gasteiger partial charge in [-0.25, -0.2) is 26.3 Å². The fourth-order valence-corrected chi connectivity index (χ4v) is 5.03. The summed E-state index contributed by atoms with van der Waals surface area (Å²) in [5.41, 5.74) is -0.526. The Bertz CT molecular complexity index is 1080. The second kappa shape index (κ2) is 8.65. The van der Waals surface area contributed by atoms with Crippen molar-refractivity contribution >= 4 is 22.4 Å². The quantitative estimate of drug-likeness (QED) is 0.612. The molecule has 1 aliphatic carbocycles. The minimum absolute atomic E-state index is 0. The molecule has 2 aromatic carbocycles. The fourth-order valence-electron chi connectivity index (χ4n) is 4.16. The van der Waals surface area contributed by atoms with Crippen LogP contribution in [0.2, 0.25) is 0 Å². The van der Waals surface area contributed by atoms with Crippen molar-refractivity contribution in [3.8, 4) is 11.1 Å². The van der Waals surface area contributed by atoms with Crippen LogP contribution in [0.4, 0.5) is 22.0 Å². The van der Waals surface area contributed by atoms with E-state index in [4.69, 9.17) is 0 Å². The number of hydrogen-bond donors (Lipinski definition) is 2. The zero-order valence-corrected chi connectivity index (χ0v) is 17.7. The number of halogens is 6. The van der Waals surface area contributed by atoms with Gasteiger partial charge in [0.1, 0.15) is 17.5 Å². The van der Waals surface area contributed by atoms with Gasteiger partial charge in [-0.1, -0.05) is 12.1 Å². The molecule has 2 aliphatic rings. The highest BCUT2D eigenvalue weighted by molar-refractivity contribution is 7.89. The topological polar surface area (TPSA) is 58.2 Å². The maximum Gasteiger partial charge on any atom is 0.350 e. The molecule has 0 aromatic heterocycles. The third-order valence-electron chi connectivity index (χ3n) is 5.88. The van der Waals surface area contributed by atoms with Crippen LogP contribution in [0.3, 0.4) is 0 Å². The molecular formula is C20H20ClF5N2O2S. The Morgan fingerprint density at radius 1 is 1.10 bits per heavy atom. The standard InChI is InChI=1S/C20H19F5N2O2S.ClH/c21-13-3-1-2-11(6-13)15-9-14(22)7-12(17(15)23)8-16-18(20(4-5-20)10-26-16)27-30(28,29)19(24)25;/h1-3,6-7,9,16,18-19,26-27H,4-5,8,10H2;1H/t16-,18+;/m0./s1. The normalized spacial score (nSPS) is 22.0. The molecule has 31 heavy (non-hydrogen) atoms. The third kappa shape index (κ3) is 4.72. The van der Waals surface area contributed by atoms with Crippen molar-refractivity contribution in [2.75, 3.05) is 6.54 Å². The largest absolute Gasteiger partial charge is 0.350 e. The van der Waals surface area contributed by atoms with Crippen LogP contribution in [0, 0.1) is 22.9 Å². The first kappa shape index (κ1) is 23.9. The first-order valence-corrected chi connectivity index (χ1v) is 10.9. The molecule has 2 fully saturated rings. The van der Waals surface area contributed by atoms with E-state index in [1.54, 1.807) is 0 Å². The second-order valence-electron chi connectivity index (χ2n) is 7.89. The van der Waals surface area contributed by atoms with Gasteiger partial charge in [0, 0.05) is 29.6 Å². The van der Waals surface area contributed by atoms with E-state index >= 15 is 4.39 Å². The molecule has 1 spiro atoms. The number of nitrogens with one attached hydrogen (secondary N) is 2. The minimum Gasteiger partial charge on any atom is -0.311 e. The summed E-state index contributed by atoms with van der Waals surface area (Å²) in [6.45, 7) is 0.391. The van der Waals surface area contributed by atoms with Crippen LogP contribution < -0.4 is 10.0 Å². The lowest BCUT2D eigenvalue weighted by molar-refractivity contribution is 0.229. The van der Waals surface area contributed by atoms with Crippen LogP contribution >= 0.6 is 12.4 Å². The first-order chi connectivity index (χ1) is 14.1. The average Bonchev–Trinajstić information content (AvgIpc) is 3.39. The summed E-state index contributed by atoms with van der Waals surface area (Å²) in [6.07, 6.45) is 1.17. The molecule has 170 valence electrons. The maximum atomic E-state index is 15.1. The highest BCUT2D eigenvalue weighted by Crippen LogP contribution is 2.52. The van der Waals surface area contributed by atoms with Crippen LogP contribution in [0.15, 0.2) is 36.4 Å². The summed E-state index contributed by atoms with van der Waals surface area (Å²) in [4.78, 5) is 0. The van der Waals surface area contributed by atoms with Crippen LogP contribution in [0.25, 0.3) is 11.1 Å². The van der Waals surface area contributed by atoms with E-state index in [0.717, 1.165) is 18.2 Å². The van der Waals surface area contributed by atoms with Crippen molar-refractivity contribution in [3.63, 3.8) is 0 Å². The molecule has 1 aliphatic heterocycles. The number of benzene rings is 2. The zero-order chi connectivity index (χ0) is 21.7. The molecule has 4 rings (SSSR count). The molecule has 1 saturated carbocycles. The van der Waals surface area contributed by atoms with E-state index in [9.17, 15) is 26.0 Å². The van der Waals surface area contributed by atoms with Gasteiger partial charge in [0.2, 0.25) is 0 Å². The second-order valence-corrected chi connectivity index (χ2v) is 9.57. The average molecular weight is 483 g/mol. The van der Waals surface area contributed by atoms with Crippen LogP contribution in [-0.2, 0) is 16.4 Å². The molecular weight excluding hydrogens is 463 g/mol. The summed E-state index contributed by atoms with van der Waals surface area (Å²) in [5.74, 6) is -5.70. The Morgan fingerprint density at radius 2 is 1.81 bits per heavy atom. The van der Waals surface area contributed by atoms with Crippen LogP contribution in [0.1, 0.15) is 18.4 Å². The van der Waals surface area contributed by atoms with Gasteiger partial charge in [-0.15, -0.1) is 12.4 Å². The molecule has 2 N–H and O–H groups in total. The van der Waals surface area contributed by atoms with E-state index in [2.05, 4.69) is 10.0 Å². The van der Waals surface area contributed by atoms with E-state index < -0.39 is 50.7 Å². The minimum atomic E-state index is -4.84. The van der Waals surface area contributed by atoms with E-state index in [1.165, 1.54) is 18.2 Å². The molecule has 0 radical (unpaired) electrons. The van der Waals surface area contributed by atoms with Crippen molar-refractivity contribution in [1.82, 2.24) is 10.0 Å². The summed E-state index contributed by atoms with van der Waals surface area (Å²) in [6, 6.07) is 5.45. The zero-order valence-electron chi connectivity index (χ0n) is 16.0. The van der Waals surface area contributed by atoms with Gasteiger partial charge in [-0.3, -0.25) is 0 Å². The highest BCUT2D eigenvalue weighted by atomic mass is 35.5. The monoisotopic (exact) mass is 482 g/mol. The Balaban J connectivity index is 0.00000272. The highest BCUT2D eigenvalue weighted by Gasteiger charge is 2.57. The molecule has 11 heteroatoms. The van der Waals surface area contributed by atoms with Gasteiger partial charge in [0.05, 0.1) is 0 Å². The lowest BCUT2D eigenvalue weighted by atomic mass is 9.91. The van der Waals surface area contributed by atoms with Crippen LogP contribution in [0.5, 0.6) is 0 Å². The molecule has 0 amide bonds. The summed E-state index contributed by atoms with van der Waals surface area (Å²) in [5, 5.41) is 3.06. The SMILES string of the molecule is Cl.O=S(=O)(N[C@@H]1[C@H](Cc2cc(F)cc(-c3cccc(F)c3)c2F)NCC12CC2)C(F)F. The van der Waals surface area contributed by atoms with Crippen molar-refractivity contribution in [2.45, 2.75) is 37.1 Å². The molecule has 0 bridgehead atoms. The summed E-state index contributed by atoms with van der Waals surface area (Å²) < 4.78 is 94.2. The number of rotatable bonds is 6. The molecule has 4 nitrogen and oxygen atoms in total. The van der Waals surface area contributed by atoms with Crippen LogP contribution in [-0.4, -0.2) is 32.8 Å². The predicted molar refractivity (Wildman–Crippen MR) is 108 cm³/mol. The smallest absolute Gasteiger partial charge is 0.311 e. The lowest BCUT2D eigenvalue weighted by Gasteiger charge is -2.25. The molecule has 1 saturated heterocycles. The molecule has 2 aromatic rings. The van der Waals surface area contributed by atoms with Gasteiger partial charge in [0.25, 0.3) is 10.0 Å². The van der Waals surface area contributed by atoms with Crippen molar-refractivity contribution in [2.24, 2.45) is 5.41 Å². The Hall–Kier alpha value is -1.75. The summed E-state index contributed by atoms with van der Waals surface area (Å²) >= 11 is 0. The van der Waals surface area contributed by atoms with Gasteiger partial charge in [0.15, 0.2) is 0 Å². The Labute approximate surface area is 182 Å². The molecule has 2 atom stereocenters. The van der Waals surface area contributed by atoms with Gasteiger partial charge >= 0.3 is 5.76 Å². The van der Waals surface area contributed by atoms with Crippen molar-refractivity contribution in [1.29, 1.82) is 0 Å². The fraction of sp³-hybridized carbons (Fsp3) is 0.400. The third-order valence-corrected chi connectivity index (χ3v) is 6.94. The van der Waals surface area contributed by atoms with E-state index in [1.807, 2.05) is 0 Å². The Kier molecular flexibility index (Phi) is 6.67. The maximum absolute atomic E-state index is 15.1. The number of alkyl halides is 2. The molecule has 0 unspecified atom stereocenters. The van der Waals surface area contributed by atoms with Gasteiger partial charge in [-0.05, 0) is 54.7 Å². The van der Waals surface area contributed by atoms with E-state index in [-0.39, 0.29) is 35.5 Å². The Morgan fingerprint density at radius 3 is 2.42 bits per heavy atom. The predicted octanol–water partition coefficient (Wildman–Crippen LogP) is 4.00. The lowest BCUT2D eigenvalue weighted by Crippen LogP contribution is -2.49. The summed E-state index contributed by atoms with van der Waals surface area (Å²) in [7, 11) is -4.84. The van der Waals surface area contributed by atoms with Gasteiger partial charge in [-0.2, -0.15) is 8.78 Å². The van der Waals surface area contributed by atoms with Crippen molar-refractivity contribution in [3.05, 3.63) is 59.4 Å². The molecule has 1 heterocycles. The first-order valence-electron chi connectivity index (χ1n) is 9.38. The number of hydrogen-bond acceptors (Lipinski definition) is 3.